The van der Waals surface area contributed by atoms with Crippen molar-refractivity contribution in [3.05, 3.63) is 24.0 Å². The van der Waals surface area contributed by atoms with Gasteiger partial charge in [-0.15, -0.1) is 0 Å². The summed E-state index contributed by atoms with van der Waals surface area (Å²) in [6.07, 6.45) is -0.871. The van der Waals surface area contributed by atoms with Gasteiger partial charge in [0.25, 0.3) is 0 Å². The van der Waals surface area contributed by atoms with Crippen LogP contribution in [0.25, 0.3) is 0 Å². The van der Waals surface area contributed by atoms with Gasteiger partial charge in [0.15, 0.2) is 0 Å². The molecule has 118 valence electrons. The minimum absolute atomic E-state index is 0.0871. The van der Waals surface area contributed by atoms with Crippen molar-refractivity contribution in [2.45, 2.75) is 44.9 Å². The molecule has 1 unspecified atom stereocenters. The van der Waals surface area contributed by atoms with Crippen LogP contribution in [0.15, 0.2) is 18.5 Å². The smallest absolute Gasteiger partial charge is 0.391 e. The first-order valence-corrected chi connectivity index (χ1v) is 7.24. The summed E-state index contributed by atoms with van der Waals surface area (Å²) in [6, 6.07) is 1.71. The van der Waals surface area contributed by atoms with Crippen LogP contribution in [0.2, 0.25) is 0 Å². The number of hydrogen-bond donors (Lipinski definition) is 1. The van der Waals surface area contributed by atoms with Crippen LogP contribution in [0, 0.1) is 11.8 Å². The molecule has 1 aliphatic rings. The van der Waals surface area contributed by atoms with Crippen LogP contribution in [0.3, 0.4) is 0 Å². The molecule has 0 radical (unpaired) electrons. The number of aliphatic hydroxyl groups is 1. The monoisotopic (exact) mass is 303 g/mol. The van der Waals surface area contributed by atoms with E-state index in [2.05, 4.69) is 4.98 Å². The van der Waals surface area contributed by atoms with E-state index in [0.717, 1.165) is 0 Å². The first kappa shape index (κ1) is 16.1. The van der Waals surface area contributed by atoms with Crippen molar-refractivity contribution in [1.82, 2.24) is 4.98 Å². The number of alkyl halides is 3. The molecule has 1 aromatic rings. The van der Waals surface area contributed by atoms with E-state index in [1.807, 2.05) is 6.92 Å². The summed E-state index contributed by atoms with van der Waals surface area (Å²) in [6.45, 7) is 2.35. The Labute approximate surface area is 122 Å². The van der Waals surface area contributed by atoms with Gasteiger partial charge in [-0.1, -0.05) is 0 Å². The average molecular weight is 303 g/mol. The van der Waals surface area contributed by atoms with Gasteiger partial charge in [-0.2, -0.15) is 13.2 Å². The van der Waals surface area contributed by atoms with Crippen molar-refractivity contribution in [3.63, 3.8) is 0 Å². The number of aromatic nitrogens is 1. The van der Waals surface area contributed by atoms with Crippen LogP contribution >= 0.6 is 0 Å². The largest absolute Gasteiger partial charge is 0.492 e. The van der Waals surface area contributed by atoms with E-state index < -0.39 is 18.2 Å². The molecule has 1 atom stereocenters. The second-order valence-electron chi connectivity index (χ2n) is 5.49. The molecule has 3 nitrogen and oxygen atoms in total. The Kier molecular flexibility index (Phi) is 5.08. The number of hydrogen-bond acceptors (Lipinski definition) is 3. The van der Waals surface area contributed by atoms with Gasteiger partial charge in [-0.25, -0.2) is 0 Å². The Hall–Kier alpha value is -1.30. The Morgan fingerprint density at radius 1 is 1.29 bits per heavy atom. The van der Waals surface area contributed by atoms with Gasteiger partial charge >= 0.3 is 6.18 Å². The van der Waals surface area contributed by atoms with Crippen LogP contribution < -0.4 is 4.74 Å². The van der Waals surface area contributed by atoms with Gasteiger partial charge in [0.2, 0.25) is 0 Å². The van der Waals surface area contributed by atoms with Crippen molar-refractivity contribution in [2.75, 3.05) is 6.61 Å². The highest BCUT2D eigenvalue weighted by molar-refractivity contribution is 5.25. The molecule has 0 amide bonds. The molecule has 0 bridgehead atoms. The molecule has 1 aromatic heterocycles. The van der Waals surface area contributed by atoms with E-state index in [4.69, 9.17) is 4.74 Å². The van der Waals surface area contributed by atoms with Gasteiger partial charge in [0.1, 0.15) is 5.75 Å². The third kappa shape index (κ3) is 4.09. The average Bonchev–Trinajstić information content (AvgIpc) is 2.46. The number of pyridine rings is 1. The highest BCUT2D eigenvalue weighted by Crippen LogP contribution is 2.43. The van der Waals surface area contributed by atoms with E-state index in [1.54, 1.807) is 18.5 Å². The van der Waals surface area contributed by atoms with E-state index >= 15 is 0 Å². The summed E-state index contributed by atoms with van der Waals surface area (Å²) in [7, 11) is 0. The van der Waals surface area contributed by atoms with Gasteiger partial charge in [-0.3, -0.25) is 4.98 Å². The molecule has 2 rings (SSSR count). The first-order chi connectivity index (χ1) is 9.91. The predicted molar refractivity (Wildman–Crippen MR) is 71.9 cm³/mol. The standard InChI is InChI=1S/C15H20F3NO2/c1-2-21-13-7-11(8-19-9-13)14(20)10-3-5-12(6-4-10)15(16,17)18/h7-10,12,14,20H,2-6H2,1H3. The Bertz CT molecular complexity index is 456. The molecular weight excluding hydrogens is 283 g/mol. The van der Waals surface area contributed by atoms with Gasteiger partial charge < -0.3 is 9.84 Å². The maximum absolute atomic E-state index is 12.6. The molecular formula is C15H20F3NO2. The van der Waals surface area contributed by atoms with E-state index in [9.17, 15) is 18.3 Å². The topological polar surface area (TPSA) is 42.4 Å². The number of ether oxygens (including phenoxy) is 1. The third-order valence-corrected chi connectivity index (χ3v) is 4.07. The molecule has 1 aliphatic carbocycles. The molecule has 0 aliphatic heterocycles. The lowest BCUT2D eigenvalue weighted by molar-refractivity contribution is -0.185. The summed E-state index contributed by atoms with van der Waals surface area (Å²) in [5.74, 6) is -0.811. The molecule has 21 heavy (non-hydrogen) atoms. The van der Waals surface area contributed by atoms with Crippen LogP contribution in [0.4, 0.5) is 13.2 Å². The molecule has 1 fully saturated rings. The van der Waals surface area contributed by atoms with Crippen LogP contribution in [0.1, 0.15) is 44.3 Å². The molecule has 6 heteroatoms. The van der Waals surface area contributed by atoms with Crippen LogP contribution in [-0.4, -0.2) is 22.9 Å². The summed E-state index contributed by atoms with van der Waals surface area (Å²) >= 11 is 0. The van der Waals surface area contributed by atoms with E-state index in [1.165, 1.54) is 0 Å². The van der Waals surface area contributed by atoms with E-state index in [-0.39, 0.29) is 18.8 Å². The quantitative estimate of drug-likeness (QED) is 0.917. The fourth-order valence-electron chi connectivity index (χ4n) is 2.88. The third-order valence-electron chi connectivity index (χ3n) is 4.07. The van der Waals surface area contributed by atoms with Crippen LogP contribution in [0.5, 0.6) is 5.75 Å². The maximum atomic E-state index is 12.6. The number of nitrogens with zero attached hydrogens (tertiary/aromatic N) is 1. The van der Waals surface area contributed by atoms with Crippen LogP contribution in [-0.2, 0) is 0 Å². The van der Waals surface area contributed by atoms with Crippen molar-refractivity contribution >= 4 is 0 Å². The number of aliphatic hydroxyl groups excluding tert-OH is 1. The summed E-state index contributed by atoms with van der Waals surface area (Å²) < 4.78 is 43.2. The number of rotatable bonds is 4. The molecule has 0 spiro atoms. The number of halogens is 3. The zero-order valence-electron chi connectivity index (χ0n) is 11.9. The van der Waals surface area contributed by atoms with Crippen molar-refractivity contribution in [3.8, 4) is 5.75 Å². The molecule has 1 saturated carbocycles. The van der Waals surface area contributed by atoms with Gasteiger partial charge in [0.05, 0.1) is 24.8 Å². The minimum atomic E-state index is -4.12. The van der Waals surface area contributed by atoms with Gasteiger partial charge in [0, 0.05) is 11.8 Å². The summed E-state index contributed by atoms with van der Waals surface area (Å²) in [4.78, 5) is 4.01. The second-order valence-corrected chi connectivity index (χ2v) is 5.49. The lowest BCUT2D eigenvalue weighted by Gasteiger charge is -2.32. The summed E-state index contributed by atoms with van der Waals surface area (Å²) in [5, 5.41) is 10.4. The molecule has 0 saturated heterocycles. The maximum Gasteiger partial charge on any atom is 0.391 e. The first-order valence-electron chi connectivity index (χ1n) is 7.24. The Balaban J connectivity index is 1.98. The Morgan fingerprint density at radius 3 is 2.52 bits per heavy atom. The summed E-state index contributed by atoms with van der Waals surface area (Å²) in [5.41, 5.74) is 0.608. The van der Waals surface area contributed by atoms with E-state index in [0.29, 0.717) is 30.8 Å². The second kappa shape index (κ2) is 6.64. The highest BCUT2D eigenvalue weighted by atomic mass is 19.4. The highest BCUT2D eigenvalue weighted by Gasteiger charge is 2.42. The lowest BCUT2D eigenvalue weighted by Crippen LogP contribution is -2.29. The predicted octanol–water partition coefficient (Wildman–Crippen LogP) is 3.88. The Morgan fingerprint density at radius 2 is 1.95 bits per heavy atom. The zero-order valence-corrected chi connectivity index (χ0v) is 11.9. The minimum Gasteiger partial charge on any atom is -0.492 e. The fourth-order valence-corrected chi connectivity index (χ4v) is 2.88. The molecule has 1 heterocycles. The van der Waals surface area contributed by atoms with Crippen molar-refractivity contribution < 1.29 is 23.0 Å². The fraction of sp³-hybridized carbons (Fsp3) is 0.667. The van der Waals surface area contributed by atoms with Gasteiger partial charge in [-0.05, 0) is 44.6 Å². The lowest BCUT2D eigenvalue weighted by atomic mass is 9.78. The zero-order chi connectivity index (χ0) is 15.5. The van der Waals surface area contributed by atoms with Crippen molar-refractivity contribution in [1.29, 1.82) is 0 Å². The SMILES string of the molecule is CCOc1cncc(C(O)C2CCC(C(F)(F)F)CC2)c1. The van der Waals surface area contributed by atoms with Crippen molar-refractivity contribution in [2.24, 2.45) is 11.8 Å². The molecule has 0 aromatic carbocycles. The molecule has 1 N–H and O–H groups in total. The normalized spacial score (nSPS) is 24.6.